The third kappa shape index (κ3) is 5.90. The minimum Gasteiger partial charge on any atom is -0.126 e. The molecule has 0 unspecified atom stereocenters. The third-order valence-electron chi connectivity index (χ3n) is 1.34. The van der Waals surface area contributed by atoms with Crippen LogP contribution in [0, 0.1) is 0 Å². The Morgan fingerprint density at radius 2 is 2.20 bits per heavy atom. The van der Waals surface area contributed by atoms with Crippen molar-refractivity contribution in [1.29, 1.82) is 0 Å². The molecule has 0 rings (SSSR count). The standard InChI is InChI=1S/C9H15Cl/c1-3-4-6-9(2)7-5-8-10/h3,7H,1,4-6,8H2,2H3. The maximum absolute atomic E-state index is 5.51. The molecule has 0 spiro atoms. The molecule has 0 fully saturated rings. The van der Waals surface area contributed by atoms with Crippen molar-refractivity contribution in [3.63, 3.8) is 0 Å². The quantitative estimate of drug-likeness (QED) is 0.424. The van der Waals surface area contributed by atoms with Crippen LogP contribution in [0.3, 0.4) is 0 Å². The van der Waals surface area contributed by atoms with Gasteiger partial charge < -0.3 is 0 Å². The SMILES string of the molecule is C=CCCC(C)=CCCCl. The van der Waals surface area contributed by atoms with Crippen LogP contribution in [0.2, 0.25) is 0 Å². The van der Waals surface area contributed by atoms with E-state index in [0.29, 0.717) is 0 Å². The molecule has 0 saturated heterocycles. The Hall–Kier alpha value is -0.230. The monoisotopic (exact) mass is 158 g/mol. The van der Waals surface area contributed by atoms with Gasteiger partial charge in [-0.3, -0.25) is 0 Å². The van der Waals surface area contributed by atoms with Crippen LogP contribution in [0.4, 0.5) is 0 Å². The van der Waals surface area contributed by atoms with Crippen LogP contribution in [-0.2, 0) is 0 Å². The highest BCUT2D eigenvalue weighted by atomic mass is 35.5. The number of hydrogen-bond acceptors (Lipinski definition) is 0. The summed E-state index contributed by atoms with van der Waals surface area (Å²) in [6.45, 7) is 5.79. The lowest BCUT2D eigenvalue weighted by atomic mass is 10.1. The number of hydrogen-bond donors (Lipinski definition) is 0. The van der Waals surface area contributed by atoms with E-state index in [1.807, 2.05) is 6.08 Å². The molecule has 0 aromatic heterocycles. The molecule has 58 valence electrons. The molecule has 0 N–H and O–H groups in total. The van der Waals surface area contributed by atoms with Gasteiger partial charge in [0.15, 0.2) is 0 Å². The second-order valence-electron chi connectivity index (χ2n) is 2.36. The molecule has 0 aliphatic carbocycles. The molecule has 0 heterocycles. The molecule has 0 saturated carbocycles. The molecule has 10 heavy (non-hydrogen) atoms. The number of alkyl halides is 1. The summed E-state index contributed by atoms with van der Waals surface area (Å²) in [7, 11) is 0. The van der Waals surface area contributed by atoms with Crippen molar-refractivity contribution in [2.24, 2.45) is 0 Å². The lowest BCUT2D eigenvalue weighted by Crippen LogP contribution is -1.76. The van der Waals surface area contributed by atoms with Crippen LogP contribution >= 0.6 is 11.6 Å². The van der Waals surface area contributed by atoms with Gasteiger partial charge in [0, 0.05) is 5.88 Å². The summed E-state index contributed by atoms with van der Waals surface area (Å²) in [4.78, 5) is 0. The number of allylic oxidation sites excluding steroid dienone is 3. The zero-order chi connectivity index (χ0) is 7.82. The fraction of sp³-hybridized carbons (Fsp3) is 0.556. The third-order valence-corrected chi connectivity index (χ3v) is 1.56. The van der Waals surface area contributed by atoms with E-state index < -0.39 is 0 Å². The van der Waals surface area contributed by atoms with E-state index in [-0.39, 0.29) is 0 Å². The minimum absolute atomic E-state index is 0.728. The fourth-order valence-electron chi connectivity index (χ4n) is 0.733. The van der Waals surface area contributed by atoms with Gasteiger partial charge in [-0.15, -0.1) is 18.2 Å². The van der Waals surface area contributed by atoms with Gasteiger partial charge in [-0.25, -0.2) is 0 Å². The smallest absolute Gasteiger partial charge is 0.0258 e. The summed E-state index contributed by atoms with van der Waals surface area (Å²) in [6.07, 6.45) is 7.32. The Balaban J connectivity index is 3.38. The van der Waals surface area contributed by atoms with Crippen LogP contribution in [0.15, 0.2) is 24.3 Å². The summed E-state index contributed by atoms with van der Waals surface area (Å²) in [6, 6.07) is 0. The first-order valence-corrected chi connectivity index (χ1v) is 4.17. The summed E-state index contributed by atoms with van der Waals surface area (Å²) in [5.74, 6) is 0.728. The van der Waals surface area contributed by atoms with E-state index in [1.54, 1.807) is 0 Å². The normalized spacial score (nSPS) is 11.6. The van der Waals surface area contributed by atoms with E-state index in [0.717, 1.165) is 25.1 Å². The lowest BCUT2D eigenvalue weighted by Gasteiger charge is -1.95. The van der Waals surface area contributed by atoms with Gasteiger partial charge in [0.1, 0.15) is 0 Å². The zero-order valence-corrected chi connectivity index (χ0v) is 7.32. The lowest BCUT2D eigenvalue weighted by molar-refractivity contribution is 0.964. The first-order chi connectivity index (χ1) is 4.81. The molecular weight excluding hydrogens is 144 g/mol. The van der Waals surface area contributed by atoms with Crippen LogP contribution in [0.5, 0.6) is 0 Å². The van der Waals surface area contributed by atoms with Gasteiger partial charge in [-0.05, 0) is 26.2 Å². The molecule has 0 aliphatic rings. The molecule has 0 nitrogen and oxygen atoms in total. The Bertz CT molecular complexity index is 114. The molecule has 0 aromatic carbocycles. The number of rotatable bonds is 5. The topological polar surface area (TPSA) is 0 Å². The van der Waals surface area contributed by atoms with E-state index in [1.165, 1.54) is 5.57 Å². The van der Waals surface area contributed by atoms with E-state index in [9.17, 15) is 0 Å². The van der Waals surface area contributed by atoms with Crippen molar-refractivity contribution in [3.8, 4) is 0 Å². The summed E-state index contributed by atoms with van der Waals surface area (Å²) >= 11 is 5.51. The summed E-state index contributed by atoms with van der Waals surface area (Å²) in [5, 5.41) is 0. The van der Waals surface area contributed by atoms with Crippen molar-refractivity contribution in [2.45, 2.75) is 26.2 Å². The van der Waals surface area contributed by atoms with Gasteiger partial charge in [0.05, 0.1) is 0 Å². The van der Waals surface area contributed by atoms with Crippen molar-refractivity contribution in [3.05, 3.63) is 24.3 Å². The molecule has 0 atom stereocenters. The first kappa shape index (κ1) is 9.77. The number of halogens is 1. The molecule has 0 bridgehead atoms. The van der Waals surface area contributed by atoms with Gasteiger partial charge >= 0.3 is 0 Å². The Labute approximate surface area is 68.6 Å². The van der Waals surface area contributed by atoms with E-state index in [2.05, 4.69) is 19.6 Å². The van der Waals surface area contributed by atoms with Crippen molar-refractivity contribution >= 4 is 11.6 Å². The highest BCUT2D eigenvalue weighted by Crippen LogP contribution is 2.05. The average molecular weight is 159 g/mol. The minimum atomic E-state index is 0.728. The Morgan fingerprint density at radius 1 is 1.50 bits per heavy atom. The molecule has 0 radical (unpaired) electrons. The van der Waals surface area contributed by atoms with Crippen LogP contribution in [-0.4, -0.2) is 5.88 Å². The average Bonchev–Trinajstić information content (AvgIpc) is 1.97. The second-order valence-corrected chi connectivity index (χ2v) is 2.73. The van der Waals surface area contributed by atoms with Crippen molar-refractivity contribution in [1.82, 2.24) is 0 Å². The highest BCUT2D eigenvalue weighted by molar-refractivity contribution is 6.17. The molecular formula is C9H15Cl. The van der Waals surface area contributed by atoms with Gasteiger partial charge in [0.2, 0.25) is 0 Å². The zero-order valence-electron chi connectivity index (χ0n) is 6.57. The molecule has 1 heteroatoms. The van der Waals surface area contributed by atoms with Gasteiger partial charge in [0.25, 0.3) is 0 Å². The molecule has 0 amide bonds. The van der Waals surface area contributed by atoms with Crippen LogP contribution < -0.4 is 0 Å². The van der Waals surface area contributed by atoms with E-state index in [4.69, 9.17) is 11.6 Å². The molecule has 0 aromatic rings. The predicted molar refractivity (Wildman–Crippen MR) is 48.5 cm³/mol. The first-order valence-electron chi connectivity index (χ1n) is 3.63. The maximum Gasteiger partial charge on any atom is 0.0258 e. The summed E-state index contributed by atoms with van der Waals surface area (Å²) < 4.78 is 0. The largest absolute Gasteiger partial charge is 0.126 e. The van der Waals surface area contributed by atoms with E-state index >= 15 is 0 Å². The van der Waals surface area contributed by atoms with Gasteiger partial charge in [-0.1, -0.05) is 17.7 Å². The van der Waals surface area contributed by atoms with Gasteiger partial charge in [-0.2, -0.15) is 0 Å². The Morgan fingerprint density at radius 3 is 2.70 bits per heavy atom. The fourth-order valence-corrected chi connectivity index (χ4v) is 0.842. The Kier molecular flexibility index (Phi) is 6.73. The second kappa shape index (κ2) is 6.88. The van der Waals surface area contributed by atoms with Crippen LogP contribution in [0.25, 0.3) is 0 Å². The summed E-state index contributed by atoms with van der Waals surface area (Å²) in [5.41, 5.74) is 1.42. The highest BCUT2D eigenvalue weighted by Gasteiger charge is 1.85. The predicted octanol–water partition coefficient (Wildman–Crippen LogP) is 3.53. The molecule has 0 aliphatic heterocycles. The van der Waals surface area contributed by atoms with Crippen molar-refractivity contribution < 1.29 is 0 Å². The van der Waals surface area contributed by atoms with Crippen molar-refractivity contribution in [2.75, 3.05) is 5.88 Å². The maximum atomic E-state index is 5.51. The van der Waals surface area contributed by atoms with Crippen LogP contribution in [0.1, 0.15) is 26.2 Å².